The highest BCUT2D eigenvalue weighted by molar-refractivity contribution is 6.31. The number of rotatable bonds is 4. The number of carboxylic acid groups (broad SMARTS) is 1. The Balaban J connectivity index is 3.33. The number of methoxy groups -OCH3 is 1. The van der Waals surface area contributed by atoms with E-state index in [1.807, 2.05) is 19.9 Å². The van der Waals surface area contributed by atoms with Gasteiger partial charge in [-0.2, -0.15) is 0 Å². The van der Waals surface area contributed by atoms with Gasteiger partial charge >= 0.3 is 5.97 Å². The number of carboxylic acids is 1. The number of ether oxygens (including phenoxy) is 1. The predicted octanol–water partition coefficient (Wildman–Crippen LogP) is 3.66. The minimum atomic E-state index is -0.892. The van der Waals surface area contributed by atoms with Gasteiger partial charge in [-0.15, -0.1) is 0 Å². The first-order valence-electron chi connectivity index (χ1n) is 5.48. The van der Waals surface area contributed by atoms with E-state index >= 15 is 0 Å². The van der Waals surface area contributed by atoms with Gasteiger partial charge in [-0.25, -0.2) is 0 Å². The molecule has 1 aromatic carbocycles. The summed E-state index contributed by atoms with van der Waals surface area (Å²) >= 11 is 6.15. The van der Waals surface area contributed by atoms with Crippen molar-refractivity contribution < 1.29 is 14.6 Å². The van der Waals surface area contributed by atoms with E-state index in [0.717, 1.165) is 5.56 Å². The molecule has 0 aliphatic carbocycles. The monoisotopic (exact) mass is 256 g/mol. The van der Waals surface area contributed by atoms with Gasteiger partial charge in [0, 0.05) is 10.6 Å². The summed E-state index contributed by atoms with van der Waals surface area (Å²) in [5, 5.41) is 9.61. The van der Waals surface area contributed by atoms with Crippen molar-refractivity contribution in [3.63, 3.8) is 0 Å². The molecular formula is C13H17ClO3. The van der Waals surface area contributed by atoms with Gasteiger partial charge in [0.25, 0.3) is 0 Å². The van der Waals surface area contributed by atoms with E-state index in [9.17, 15) is 4.79 Å². The Labute approximate surface area is 106 Å². The third-order valence-corrected chi connectivity index (χ3v) is 3.14. The molecule has 17 heavy (non-hydrogen) atoms. The Morgan fingerprint density at radius 1 is 1.29 bits per heavy atom. The summed E-state index contributed by atoms with van der Waals surface area (Å²) in [5.41, 5.74) is 1.57. The topological polar surface area (TPSA) is 46.5 Å². The van der Waals surface area contributed by atoms with Crippen LogP contribution in [0, 0.1) is 0 Å². The van der Waals surface area contributed by atoms with Gasteiger partial charge in [-0.05, 0) is 30.5 Å². The summed E-state index contributed by atoms with van der Waals surface area (Å²) in [7, 11) is 1.53. The third kappa shape index (κ3) is 2.91. The van der Waals surface area contributed by atoms with Crippen molar-refractivity contribution in [3.8, 4) is 5.75 Å². The van der Waals surface area contributed by atoms with E-state index in [-0.39, 0.29) is 5.92 Å². The zero-order chi connectivity index (χ0) is 13.2. The van der Waals surface area contributed by atoms with Crippen LogP contribution in [0.4, 0.5) is 0 Å². The lowest BCUT2D eigenvalue weighted by molar-refractivity contribution is -0.138. The molecule has 0 amide bonds. The van der Waals surface area contributed by atoms with E-state index in [1.165, 1.54) is 7.11 Å². The van der Waals surface area contributed by atoms with Crippen LogP contribution in [0.15, 0.2) is 12.1 Å². The molecule has 0 bridgehead atoms. The fraction of sp³-hybridized carbons (Fsp3) is 0.462. The Morgan fingerprint density at radius 3 is 2.29 bits per heavy atom. The Morgan fingerprint density at radius 2 is 1.88 bits per heavy atom. The number of carbonyl (C=O) groups is 1. The van der Waals surface area contributed by atoms with Crippen LogP contribution in [0.5, 0.6) is 5.75 Å². The van der Waals surface area contributed by atoms with Crippen molar-refractivity contribution in [1.82, 2.24) is 0 Å². The molecular weight excluding hydrogens is 240 g/mol. The molecule has 0 fully saturated rings. The zero-order valence-corrected chi connectivity index (χ0v) is 11.2. The average Bonchev–Trinajstić information content (AvgIpc) is 2.27. The third-order valence-electron chi connectivity index (χ3n) is 2.81. The molecule has 0 radical (unpaired) electrons. The van der Waals surface area contributed by atoms with Gasteiger partial charge < -0.3 is 9.84 Å². The van der Waals surface area contributed by atoms with Crippen LogP contribution in [0.2, 0.25) is 5.02 Å². The second-order valence-corrected chi connectivity index (χ2v) is 4.74. The molecule has 1 aromatic rings. The fourth-order valence-corrected chi connectivity index (χ4v) is 2.07. The Bertz CT molecular complexity index is 427. The van der Waals surface area contributed by atoms with Crippen molar-refractivity contribution in [2.24, 2.45) is 0 Å². The second kappa shape index (κ2) is 5.41. The number of hydrogen-bond acceptors (Lipinski definition) is 2. The minimum Gasteiger partial charge on any atom is -0.496 e. The second-order valence-electron chi connectivity index (χ2n) is 4.33. The van der Waals surface area contributed by atoms with E-state index in [2.05, 4.69) is 0 Å². The summed E-state index contributed by atoms with van der Waals surface area (Å²) in [5.74, 6) is -0.682. The predicted molar refractivity (Wildman–Crippen MR) is 68.1 cm³/mol. The quantitative estimate of drug-likeness (QED) is 0.894. The van der Waals surface area contributed by atoms with Gasteiger partial charge in [0.05, 0.1) is 13.0 Å². The molecule has 4 heteroatoms. The number of halogens is 1. The van der Waals surface area contributed by atoms with E-state index in [0.29, 0.717) is 16.3 Å². The summed E-state index contributed by atoms with van der Waals surface area (Å²) in [6.45, 7) is 5.67. The standard InChI is InChI=1S/C13H17ClO3/c1-7(2)9-6-12(17-4)10(5-11(9)14)8(3)13(15)16/h5-8H,1-4H3,(H,15,16). The minimum absolute atomic E-state index is 0.269. The Kier molecular flexibility index (Phi) is 4.40. The van der Waals surface area contributed by atoms with Crippen molar-refractivity contribution in [3.05, 3.63) is 28.3 Å². The van der Waals surface area contributed by atoms with Crippen LogP contribution < -0.4 is 4.74 Å². The van der Waals surface area contributed by atoms with Crippen LogP contribution in [0.25, 0.3) is 0 Å². The molecule has 0 heterocycles. The molecule has 1 atom stereocenters. The highest BCUT2D eigenvalue weighted by Crippen LogP contribution is 2.35. The van der Waals surface area contributed by atoms with Crippen LogP contribution in [0.3, 0.4) is 0 Å². The van der Waals surface area contributed by atoms with Gasteiger partial charge in [0.2, 0.25) is 0 Å². The van der Waals surface area contributed by atoms with Gasteiger partial charge in [-0.1, -0.05) is 25.4 Å². The number of hydrogen-bond donors (Lipinski definition) is 1. The van der Waals surface area contributed by atoms with Gasteiger partial charge in [0.1, 0.15) is 5.75 Å². The maximum atomic E-state index is 11.0. The molecule has 0 aromatic heterocycles. The molecule has 0 spiro atoms. The smallest absolute Gasteiger partial charge is 0.310 e. The lowest BCUT2D eigenvalue weighted by Crippen LogP contribution is -2.09. The normalized spacial score (nSPS) is 12.6. The molecule has 0 saturated heterocycles. The Hall–Kier alpha value is -1.22. The average molecular weight is 257 g/mol. The fourth-order valence-electron chi connectivity index (χ4n) is 1.68. The van der Waals surface area contributed by atoms with Crippen LogP contribution in [0.1, 0.15) is 43.7 Å². The summed E-state index contributed by atoms with van der Waals surface area (Å²) in [6, 6.07) is 3.51. The van der Waals surface area contributed by atoms with Crippen molar-refractivity contribution in [1.29, 1.82) is 0 Å². The van der Waals surface area contributed by atoms with E-state index in [4.69, 9.17) is 21.4 Å². The first-order chi connectivity index (χ1) is 7.88. The largest absolute Gasteiger partial charge is 0.496 e. The molecule has 94 valence electrons. The molecule has 1 unspecified atom stereocenters. The van der Waals surface area contributed by atoms with Crippen molar-refractivity contribution in [2.75, 3.05) is 7.11 Å². The number of benzene rings is 1. The maximum absolute atomic E-state index is 11.0. The highest BCUT2D eigenvalue weighted by Gasteiger charge is 2.20. The molecule has 3 nitrogen and oxygen atoms in total. The van der Waals surface area contributed by atoms with Gasteiger partial charge in [-0.3, -0.25) is 4.79 Å². The molecule has 0 aliphatic rings. The van der Waals surface area contributed by atoms with E-state index < -0.39 is 11.9 Å². The SMILES string of the molecule is COc1cc(C(C)C)c(Cl)cc1C(C)C(=O)O. The highest BCUT2D eigenvalue weighted by atomic mass is 35.5. The maximum Gasteiger partial charge on any atom is 0.310 e. The summed E-state index contributed by atoms with van der Waals surface area (Å²) in [6.07, 6.45) is 0. The lowest BCUT2D eigenvalue weighted by Gasteiger charge is -2.16. The molecule has 1 rings (SSSR count). The lowest BCUT2D eigenvalue weighted by atomic mass is 9.95. The zero-order valence-electron chi connectivity index (χ0n) is 10.5. The first-order valence-corrected chi connectivity index (χ1v) is 5.86. The van der Waals surface area contributed by atoms with Crippen molar-refractivity contribution >= 4 is 17.6 Å². The van der Waals surface area contributed by atoms with Crippen LogP contribution >= 0.6 is 11.6 Å². The molecule has 0 saturated carbocycles. The molecule has 0 aliphatic heterocycles. The number of aliphatic carboxylic acids is 1. The van der Waals surface area contributed by atoms with E-state index in [1.54, 1.807) is 13.0 Å². The van der Waals surface area contributed by atoms with Crippen LogP contribution in [-0.4, -0.2) is 18.2 Å². The van der Waals surface area contributed by atoms with Crippen molar-refractivity contribution in [2.45, 2.75) is 32.6 Å². The summed E-state index contributed by atoms with van der Waals surface area (Å²) in [4.78, 5) is 11.0. The van der Waals surface area contributed by atoms with Gasteiger partial charge in [0.15, 0.2) is 0 Å². The first kappa shape index (κ1) is 13.8. The molecule has 1 N–H and O–H groups in total. The summed E-state index contributed by atoms with van der Waals surface area (Å²) < 4.78 is 5.24. The van der Waals surface area contributed by atoms with Crippen LogP contribution in [-0.2, 0) is 4.79 Å².